The van der Waals surface area contributed by atoms with Crippen molar-refractivity contribution in [3.63, 3.8) is 0 Å². The van der Waals surface area contributed by atoms with Gasteiger partial charge in [0.05, 0.1) is 0 Å². The average Bonchev–Trinajstić information content (AvgIpc) is 1.87. The summed E-state index contributed by atoms with van der Waals surface area (Å²) in [5, 5.41) is 0. The molecule has 0 N–H and O–H groups in total. The molecule has 0 spiro atoms. The van der Waals surface area contributed by atoms with Crippen LogP contribution in [0.5, 0.6) is 0 Å². The van der Waals surface area contributed by atoms with Crippen molar-refractivity contribution in [2.45, 2.75) is 12.2 Å². The van der Waals surface area contributed by atoms with Crippen LogP contribution in [-0.2, 0) is 0 Å². The largest absolute Gasteiger partial charge is 0.307 e. The van der Waals surface area contributed by atoms with E-state index in [9.17, 15) is 0 Å². The van der Waals surface area contributed by atoms with Gasteiger partial charge in [-0.1, -0.05) is 5.82 Å². The molecule has 1 aliphatic heterocycles. The number of likely N-dealkylation sites (tertiary alicyclic amines) is 1. The molecule has 2 heteroatoms. The van der Waals surface area contributed by atoms with Crippen molar-refractivity contribution >= 4 is 7.85 Å². The van der Waals surface area contributed by atoms with E-state index in [2.05, 4.69) is 19.8 Å². The summed E-state index contributed by atoms with van der Waals surface area (Å²) in [6, 6.07) is 0. The Morgan fingerprint density at radius 1 is 1.71 bits per heavy atom. The maximum Gasteiger partial charge on any atom is 0.107 e. The molecule has 0 amide bonds. The van der Waals surface area contributed by atoms with E-state index in [-0.39, 0.29) is 0 Å². The van der Waals surface area contributed by atoms with Crippen molar-refractivity contribution in [1.29, 1.82) is 0 Å². The van der Waals surface area contributed by atoms with E-state index in [0.29, 0.717) is 0 Å². The molecule has 1 aliphatic rings. The van der Waals surface area contributed by atoms with E-state index in [1.54, 1.807) is 0 Å². The van der Waals surface area contributed by atoms with E-state index in [0.717, 1.165) is 5.82 Å². The molecule has 1 fully saturated rings. The zero-order valence-electron chi connectivity index (χ0n) is 5.15. The first-order valence-corrected chi connectivity index (χ1v) is 2.97. The van der Waals surface area contributed by atoms with Crippen LogP contribution >= 0.6 is 0 Å². The molecule has 0 aromatic heterocycles. The molecule has 1 nitrogen and oxygen atoms in total. The molecule has 0 unspecified atom stereocenters. The van der Waals surface area contributed by atoms with Gasteiger partial charge in [0.1, 0.15) is 7.85 Å². The lowest BCUT2D eigenvalue weighted by Gasteiger charge is -2.03. The van der Waals surface area contributed by atoms with Gasteiger partial charge in [0, 0.05) is 0 Å². The summed E-state index contributed by atoms with van der Waals surface area (Å²) in [5.41, 5.74) is 0. The lowest BCUT2D eigenvalue weighted by molar-refractivity contribution is 0.418. The van der Waals surface area contributed by atoms with Gasteiger partial charge in [0.15, 0.2) is 0 Å². The van der Waals surface area contributed by atoms with Gasteiger partial charge < -0.3 is 4.90 Å². The maximum absolute atomic E-state index is 2.38. The highest BCUT2D eigenvalue weighted by Gasteiger charge is 2.13. The number of hydrogen-bond donors (Lipinski definition) is 0. The second-order valence-electron chi connectivity index (χ2n) is 2.66. The SMILES string of the molecule is B[C@@H]1CCN(C)C1. The van der Waals surface area contributed by atoms with Crippen LogP contribution < -0.4 is 0 Å². The normalized spacial score (nSPS) is 34.1. The fourth-order valence-corrected chi connectivity index (χ4v) is 1.16. The standard InChI is InChI=1S/C5H12BN/c1-7-3-2-5(6)4-7/h5H,2-4,6H2,1H3/t5-/m1/s1. The summed E-state index contributed by atoms with van der Waals surface area (Å²) in [6.45, 7) is 2.61. The summed E-state index contributed by atoms with van der Waals surface area (Å²) in [5.74, 6) is 0.949. The van der Waals surface area contributed by atoms with Crippen LogP contribution in [0.4, 0.5) is 0 Å². The first kappa shape index (κ1) is 5.17. The van der Waals surface area contributed by atoms with Crippen molar-refractivity contribution in [3.8, 4) is 0 Å². The smallest absolute Gasteiger partial charge is 0.107 e. The van der Waals surface area contributed by atoms with Gasteiger partial charge in [-0.15, -0.1) is 0 Å². The van der Waals surface area contributed by atoms with Crippen LogP contribution in [0.3, 0.4) is 0 Å². The van der Waals surface area contributed by atoms with Crippen LogP contribution in [0.15, 0.2) is 0 Å². The highest BCUT2D eigenvalue weighted by Crippen LogP contribution is 2.14. The fraction of sp³-hybridized carbons (Fsp3) is 1.00. The molecule has 0 bridgehead atoms. The average molecular weight is 97.0 g/mol. The van der Waals surface area contributed by atoms with Crippen molar-refractivity contribution in [2.75, 3.05) is 20.1 Å². The summed E-state index contributed by atoms with van der Waals surface area (Å²) in [7, 11) is 4.49. The van der Waals surface area contributed by atoms with Gasteiger partial charge in [-0.3, -0.25) is 0 Å². The van der Waals surface area contributed by atoms with E-state index in [1.807, 2.05) is 0 Å². The Morgan fingerprint density at radius 3 is 2.57 bits per heavy atom. The summed E-state index contributed by atoms with van der Waals surface area (Å²) in [6.07, 6.45) is 1.40. The molecule has 40 valence electrons. The molecular formula is C5H12BN. The maximum atomic E-state index is 2.38. The van der Waals surface area contributed by atoms with Crippen molar-refractivity contribution < 1.29 is 0 Å². The Bertz CT molecular complexity index is 57.1. The molecule has 0 aromatic rings. The van der Waals surface area contributed by atoms with Crippen LogP contribution in [0, 0.1) is 0 Å². The summed E-state index contributed by atoms with van der Waals surface area (Å²) < 4.78 is 0. The zero-order valence-corrected chi connectivity index (χ0v) is 5.15. The van der Waals surface area contributed by atoms with Gasteiger partial charge in [-0.25, -0.2) is 0 Å². The zero-order chi connectivity index (χ0) is 5.28. The van der Waals surface area contributed by atoms with E-state index < -0.39 is 0 Å². The fourth-order valence-electron chi connectivity index (χ4n) is 1.16. The molecule has 1 saturated heterocycles. The van der Waals surface area contributed by atoms with Crippen molar-refractivity contribution in [1.82, 2.24) is 4.90 Å². The third-order valence-electron chi connectivity index (χ3n) is 1.63. The highest BCUT2D eigenvalue weighted by molar-refractivity contribution is 6.11. The topological polar surface area (TPSA) is 3.24 Å². The van der Waals surface area contributed by atoms with Crippen molar-refractivity contribution in [3.05, 3.63) is 0 Å². The lowest BCUT2D eigenvalue weighted by atomic mass is 9.87. The van der Waals surface area contributed by atoms with Gasteiger partial charge in [0.25, 0.3) is 0 Å². The Kier molecular flexibility index (Phi) is 1.38. The quantitative estimate of drug-likeness (QED) is 0.376. The third kappa shape index (κ3) is 1.20. The van der Waals surface area contributed by atoms with Gasteiger partial charge >= 0.3 is 0 Å². The van der Waals surface area contributed by atoms with Gasteiger partial charge in [-0.05, 0) is 26.6 Å². The lowest BCUT2D eigenvalue weighted by Crippen LogP contribution is -2.12. The number of hydrogen-bond acceptors (Lipinski definition) is 1. The van der Waals surface area contributed by atoms with Gasteiger partial charge in [-0.2, -0.15) is 0 Å². The summed E-state index contributed by atoms with van der Waals surface area (Å²) >= 11 is 0. The minimum atomic E-state index is 0.949. The van der Waals surface area contributed by atoms with E-state index in [1.165, 1.54) is 19.5 Å². The highest BCUT2D eigenvalue weighted by atomic mass is 15.1. The molecule has 0 radical (unpaired) electrons. The van der Waals surface area contributed by atoms with E-state index in [4.69, 9.17) is 0 Å². The molecule has 0 aliphatic carbocycles. The van der Waals surface area contributed by atoms with Gasteiger partial charge in [0.2, 0.25) is 0 Å². The van der Waals surface area contributed by atoms with Crippen molar-refractivity contribution in [2.24, 2.45) is 0 Å². The van der Waals surface area contributed by atoms with Crippen LogP contribution in [-0.4, -0.2) is 32.9 Å². The second-order valence-corrected chi connectivity index (χ2v) is 2.66. The minimum Gasteiger partial charge on any atom is -0.307 e. The molecule has 0 aromatic carbocycles. The Hall–Kier alpha value is 0.0249. The minimum absolute atomic E-state index is 0.949. The predicted molar refractivity (Wildman–Crippen MR) is 34.4 cm³/mol. The molecule has 0 saturated carbocycles. The first-order chi connectivity index (χ1) is 3.29. The third-order valence-corrected chi connectivity index (χ3v) is 1.63. The molecule has 1 atom stereocenters. The molecule has 7 heavy (non-hydrogen) atoms. The Labute approximate surface area is 46.1 Å². The monoisotopic (exact) mass is 97.1 g/mol. The summed E-state index contributed by atoms with van der Waals surface area (Å²) in [4.78, 5) is 2.38. The first-order valence-electron chi connectivity index (χ1n) is 2.97. The Balaban J connectivity index is 2.26. The second kappa shape index (κ2) is 1.87. The van der Waals surface area contributed by atoms with Crippen LogP contribution in [0.2, 0.25) is 5.82 Å². The molecule has 1 rings (SSSR count). The van der Waals surface area contributed by atoms with Crippen LogP contribution in [0.1, 0.15) is 6.42 Å². The predicted octanol–water partition coefficient (Wildman–Crippen LogP) is -0.257. The number of rotatable bonds is 0. The number of nitrogens with zero attached hydrogens (tertiary/aromatic N) is 1. The molecular weight excluding hydrogens is 84.9 g/mol. The van der Waals surface area contributed by atoms with E-state index >= 15 is 0 Å². The van der Waals surface area contributed by atoms with Crippen LogP contribution in [0.25, 0.3) is 0 Å². The molecule has 1 heterocycles. The Morgan fingerprint density at radius 2 is 2.43 bits per heavy atom.